The van der Waals surface area contributed by atoms with Gasteiger partial charge in [0.15, 0.2) is 6.19 Å². The van der Waals surface area contributed by atoms with E-state index in [-0.39, 0.29) is 13.0 Å². The quantitative estimate of drug-likeness (QED) is 0.349. The topological polar surface area (TPSA) is 100 Å². The van der Waals surface area contributed by atoms with Crippen LogP contribution in [0.1, 0.15) is 54.9 Å². The van der Waals surface area contributed by atoms with E-state index in [1.165, 1.54) is 0 Å². The van der Waals surface area contributed by atoms with Gasteiger partial charge in [0.05, 0.1) is 0 Å². The minimum Gasteiger partial charge on any atom is -0.458 e. The number of nitrogens with zero attached hydrogens (tertiary/aromatic N) is 1. The molecular formula is C15H27N3O4. The van der Waals surface area contributed by atoms with Crippen molar-refractivity contribution in [1.29, 1.82) is 5.26 Å². The monoisotopic (exact) mass is 313 g/mol. The van der Waals surface area contributed by atoms with Crippen LogP contribution in [0.4, 0.5) is 4.79 Å². The molecule has 0 aromatic rings. The van der Waals surface area contributed by atoms with Gasteiger partial charge < -0.3 is 20.1 Å². The van der Waals surface area contributed by atoms with Gasteiger partial charge in [0, 0.05) is 6.54 Å². The molecule has 0 radical (unpaired) electrons. The Hall–Kier alpha value is -1.97. The first-order valence-electron chi connectivity index (χ1n) is 7.16. The summed E-state index contributed by atoms with van der Waals surface area (Å²) in [6.45, 7) is 12.2. The molecule has 7 heteroatoms. The van der Waals surface area contributed by atoms with E-state index in [2.05, 4.69) is 10.6 Å². The number of amides is 1. The van der Waals surface area contributed by atoms with Gasteiger partial charge in [-0.3, -0.25) is 0 Å². The van der Waals surface area contributed by atoms with Gasteiger partial charge in [0.1, 0.15) is 16.7 Å². The molecule has 126 valence electrons. The average Bonchev–Trinajstić information content (AvgIpc) is 2.23. The smallest absolute Gasteiger partial charge is 0.408 e. The molecule has 0 fully saturated rings. The second kappa shape index (κ2) is 7.34. The highest BCUT2D eigenvalue weighted by Crippen LogP contribution is 2.18. The van der Waals surface area contributed by atoms with Gasteiger partial charge in [-0.1, -0.05) is 0 Å². The van der Waals surface area contributed by atoms with Crippen LogP contribution in [-0.2, 0) is 14.3 Å². The third-order valence-electron chi connectivity index (χ3n) is 2.46. The van der Waals surface area contributed by atoms with Crippen molar-refractivity contribution in [1.82, 2.24) is 10.6 Å². The van der Waals surface area contributed by atoms with Crippen LogP contribution in [0.5, 0.6) is 0 Å². The molecule has 7 nitrogen and oxygen atoms in total. The van der Waals surface area contributed by atoms with Crippen LogP contribution in [0.2, 0.25) is 0 Å². The van der Waals surface area contributed by atoms with Crippen LogP contribution in [-0.4, -0.2) is 35.3 Å². The minimum atomic E-state index is -1.29. The summed E-state index contributed by atoms with van der Waals surface area (Å²) in [5, 5.41) is 13.5. The Balaban J connectivity index is 5.05. The molecule has 0 aliphatic heterocycles. The van der Waals surface area contributed by atoms with E-state index in [1.807, 2.05) is 0 Å². The molecule has 0 saturated heterocycles. The fourth-order valence-electron chi connectivity index (χ4n) is 1.50. The Bertz CT molecular complexity index is 443. The highest BCUT2D eigenvalue weighted by atomic mass is 16.6. The normalized spacial score (nSPS) is 14.3. The highest BCUT2D eigenvalue weighted by molar-refractivity contribution is 5.85. The number of hydrogen-bond donors (Lipinski definition) is 2. The summed E-state index contributed by atoms with van der Waals surface area (Å²) < 4.78 is 10.5. The van der Waals surface area contributed by atoms with Gasteiger partial charge in [0.2, 0.25) is 0 Å². The van der Waals surface area contributed by atoms with Crippen molar-refractivity contribution in [3.05, 3.63) is 0 Å². The number of alkyl carbamates (subject to hydrolysis) is 1. The molecule has 0 bridgehead atoms. The van der Waals surface area contributed by atoms with E-state index in [0.717, 1.165) is 0 Å². The summed E-state index contributed by atoms with van der Waals surface area (Å²) in [6, 6.07) is 0. The van der Waals surface area contributed by atoms with Crippen LogP contribution in [0.25, 0.3) is 0 Å². The fourth-order valence-corrected chi connectivity index (χ4v) is 1.50. The number of hydrogen-bond acceptors (Lipinski definition) is 6. The van der Waals surface area contributed by atoms with E-state index in [1.54, 1.807) is 54.7 Å². The summed E-state index contributed by atoms with van der Waals surface area (Å²) in [7, 11) is 0. The van der Waals surface area contributed by atoms with Crippen LogP contribution in [0.3, 0.4) is 0 Å². The van der Waals surface area contributed by atoms with Crippen molar-refractivity contribution < 1.29 is 19.1 Å². The first kappa shape index (κ1) is 20.0. The van der Waals surface area contributed by atoms with Gasteiger partial charge in [-0.25, -0.2) is 9.59 Å². The zero-order chi connectivity index (χ0) is 17.6. The van der Waals surface area contributed by atoms with Gasteiger partial charge >= 0.3 is 12.1 Å². The van der Waals surface area contributed by atoms with Crippen molar-refractivity contribution in [3.63, 3.8) is 0 Å². The Morgan fingerprint density at radius 3 is 1.91 bits per heavy atom. The number of nitriles is 1. The SMILES string of the molecule is CC(C)(C)OC(=O)NC(C)(CCNC#N)C(=O)OC(C)(C)C. The van der Waals surface area contributed by atoms with E-state index in [4.69, 9.17) is 14.7 Å². The Kier molecular flexibility index (Phi) is 6.68. The molecule has 0 aromatic carbocycles. The Morgan fingerprint density at radius 1 is 1.00 bits per heavy atom. The number of ether oxygens (including phenoxy) is 2. The second-order valence-corrected chi connectivity index (χ2v) is 7.25. The van der Waals surface area contributed by atoms with Crippen LogP contribution in [0.15, 0.2) is 0 Å². The second-order valence-electron chi connectivity index (χ2n) is 7.25. The lowest BCUT2D eigenvalue weighted by molar-refractivity contribution is -0.162. The van der Waals surface area contributed by atoms with E-state index >= 15 is 0 Å². The predicted octanol–water partition coefficient (Wildman–Crippen LogP) is 2.07. The fraction of sp³-hybridized carbons (Fsp3) is 0.800. The number of carbonyl (C=O) groups is 2. The third-order valence-corrected chi connectivity index (χ3v) is 2.46. The molecule has 0 heterocycles. The van der Waals surface area contributed by atoms with Gasteiger partial charge in [0.25, 0.3) is 0 Å². The lowest BCUT2D eigenvalue weighted by atomic mass is 9.97. The van der Waals surface area contributed by atoms with Gasteiger partial charge in [-0.15, -0.1) is 0 Å². The van der Waals surface area contributed by atoms with Crippen molar-refractivity contribution in [2.24, 2.45) is 0 Å². The largest absolute Gasteiger partial charge is 0.458 e. The highest BCUT2D eigenvalue weighted by Gasteiger charge is 2.39. The summed E-state index contributed by atoms with van der Waals surface area (Å²) in [5.74, 6) is -0.578. The first-order valence-corrected chi connectivity index (χ1v) is 7.16. The molecule has 0 spiro atoms. The molecule has 22 heavy (non-hydrogen) atoms. The Labute approximate surface area is 132 Å². The average molecular weight is 313 g/mol. The Morgan fingerprint density at radius 2 is 1.50 bits per heavy atom. The standard InChI is InChI=1S/C15H27N3O4/c1-13(2,3)21-11(19)15(7,8-9-17-10-16)18-12(20)22-14(4,5)6/h17H,8-9H2,1-7H3,(H,18,20). The van der Waals surface area contributed by atoms with Crippen molar-refractivity contribution in [3.8, 4) is 6.19 Å². The molecule has 0 aliphatic rings. The number of nitrogens with one attached hydrogen (secondary N) is 2. The van der Waals surface area contributed by atoms with Crippen LogP contribution in [0, 0.1) is 11.5 Å². The summed E-state index contributed by atoms with van der Waals surface area (Å²) in [4.78, 5) is 24.3. The minimum absolute atomic E-state index is 0.189. The molecule has 0 aliphatic carbocycles. The van der Waals surface area contributed by atoms with E-state index < -0.39 is 28.8 Å². The lowest BCUT2D eigenvalue weighted by Crippen LogP contribution is -2.56. The lowest BCUT2D eigenvalue weighted by Gasteiger charge is -2.32. The van der Waals surface area contributed by atoms with Crippen molar-refractivity contribution >= 4 is 12.1 Å². The van der Waals surface area contributed by atoms with Gasteiger partial charge in [-0.2, -0.15) is 5.26 Å². The van der Waals surface area contributed by atoms with Crippen LogP contribution >= 0.6 is 0 Å². The summed E-state index contributed by atoms with van der Waals surface area (Å²) in [6.07, 6.45) is 1.25. The zero-order valence-electron chi connectivity index (χ0n) is 14.5. The van der Waals surface area contributed by atoms with E-state index in [0.29, 0.717) is 0 Å². The summed E-state index contributed by atoms with van der Waals surface area (Å²) in [5.41, 5.74) is -2.65. The summed E-state index contributed by atoms with van der Waals surface area (Å²) >= 11 is 0. The molecule has 2 N–H and O–H groups in total. The maximum absolute atomic E-state index is 12.4. The molecule has 1 unspecified atom stereocenters. The predicted molar refractivity (Wildman–Crippen MR) is 81.9 cm³/mol. The first-order chi connectivity index (χ1) is 9.79. The van der Waals surface area contributed by atoms with Crippen molar-refractivity contribution in [2.45, 2.75) is 71.6 Å². The number of rotatable bonds is 5. The molecular weight excluding hydrogens is 286 g/mol. The number of carbonyl (C=O) groups excluding carboxylic acids is 2. The molecule has 1 atom stereocenters. The maximum Gasteiger partial charge on any atom is 0.408 e. The van der Waals surface area contributed by atoms with Crippen molar-refractivity contribution in [2.75, 3.05) is 6.54 Å². The molecule has 0 rings (SSSR count). The number of esters is 1. The zero-order valence-corrected chi connectivity index (χ0v) is 14.5. The third kappa shape index (κ3) is 8.35. The molecule has 0 saturated carbocycles. The molecule has 0 aromatic heterocycles. The molecule has 1 amide bonds. The van der Waals surface area contributed by atoms with E-state index in [9.17, 15) is 9.59 Å². The van der Waals surface area contributed by atoms with Crippen LogP contribution < -0.4 is 10.6 Å². The maximum atomic E-state index is 12.4. The van der Waals surface area contributed by atoms with Gasteiger partial charge in [-0.05, 0) is 54.9 Å².